The van der Waals surface area contributed by atoms with E-state index in [9.17, 15) is 14.4 Å². The number of amides is 3. The highest BCUT2D eigenvalue weighted by Gasteiger charge is 2.38. The Morgan fingerprint density at radius 3 is 2.45 bits per heavy atom. The second kappa shape index (κ2) is 15.4. The van der Waals surface area contributed by atoms with Crippen LogP contribution in [0.25, 0.3) is 0 Å². The molecule has 2 aromatic rings. The minimum atomic E-state index is -0.619. The molecule has 3 amide bonds. The summed E-state index contributed by atoms with van der Waals surface area (Å²) in [6, 6.07) is 16.7. The van der Waals surface area contributed by atoms with Gasteiger partial charge in [-0.05, 0) is 67.9 Å². The molecule has 0 saturated carbocycles. The Labute approximate surface area is 239 Å². The van der Waals surface area contributed by atoms with E-state index in [1.54, 1.807) is 7.05 Å². The highest BCUT2D eigenvalue weighted by atomic mass is 16.7. The van der Waals surface area contributed by atoms with E-state index in [2.05, 4.69) is 5.32 Å². The van der Waals surface area contributed by atoms with Crippen LogP contribution in [-0.4, -0.2) is 54.4 Å². The van der Waals surface area contributed by atoms with Crippen LogP contribution in [0, 0.1) is 17.8 Å². The standard InChI is InChI=1S/C32H45N3O5/c1-6-13-27(31(37)34(4)39-5)28(20-23(2)3)30(36)33-29-18-10-11-19-35(32(29)38)22-24-14-12-17-26(21-24)40-25-15-8-7-9-16-25/h7-9,12,14-17,21,23,27-29H,6,10-11,13,18-20,22H2,1-5H3,(H,33,36)/t27-,28+,29-/m0/s1. The van der Waals surface area contributed by atoms with Crippen LogP contribution in [0.2, 0.25) is 0 Å². The summed E-state index contributed by atoms with van der Waals surface area (Å²) in [5.41, 5.74) is 0.961. The molecule has 0 aliphatic carbocycles. The molecule has 40 heavy (non-hydrogen) atoms. The van der Waals surface area contributed by atoms with Crippen molar-refractivity contribution >= 4 is 17.7 Å². The summed E-state index contributed by atoms with van der Waals surface area (Å²) in [6.45, 7) is 7.15. The molecule has 1 aliphatic heterocycles. The number of hydroxylamine groups is 2. The number of benzene rings is 2. The van der Waals surface area contributed by atoms with Gasteiger partial charge in [-0.15, -0.1) is 0 Å². The first-order valence-corrected chi connectivity index (χ1v) is 14.5. The first-order valence-electron chi connectivity index (χ1n) is 14.5. The zero-order valence-corrected chi connectivity index (χ0v) is 24.6. The fraction of sp³-hybridized carbons (Fsp3) is 0.531. The van der Waals surface area contributed by atoms with Crippen LogP contribution in [0.4, 0.5) is 0 Å². The van der Waals surface area contributed by atoms with Crippen LogP contribution >= 0.6 is 0 Å². The van der Waals surface area contributed by atoms with Crippen LogP contribution < -0.4 is 10.1 Å². The summed E-state index contributed by atoms with van der Waals surface area (Å²) in [5.74, 6) is 0.0854. The maximum absolute atomic E-state index is 13.7. The van der Waals surface area contributed by atoms with Crippen molar-refractivity contribution in [2.45, 2.75) is 71.9 Å². The van der Waals surface area contributed by atoms with Crippen LogP contribution in [0.3, 0.4) is 0 Å². The molecule has 2 aromatic carbocycles. The summed E-state index contributed by atoms with van der Waals surface area (Å²) in [7, 11) is 3.02. The zero-order chi connectivity index (χ0) is 29.1. The van der Waals surface area contributed by atoms with Gasteiger partial charge in [0, 0.05) is 26.1 Å². The van der Waals surface area contributed by atoms with Crippen LogP contribution in [0.1, 0.15) is 64.9 Å². The second-order valence-corrected chi connectivity index (χ2v) is 11.0. The molecule has 3 atom stereocenters. The number of para-hydroxylation sites is 1. The monoisotopic (exact) mass is 551 g/mol. The largest absolute Gasteiger partial charge is 0.457 e. The minimum Gasteiger partial charge on any atom is -0.457 e. The molecule has 8 nitrogen and oxygen atoms in total. The maximum atomic E-state index is 13.7. The SMILES string of the molecule is CCC[C@H](C(=O)N(C)OC)[C@@H](CC(C)C)C(=O)N[C@H]1CCCCN(Cc2cccc(Oc3ccccc3)c2)C1=O. The van der Waals surface area contributed by atoms with Crippen molar-refractivity contribution in [1.29, 1.82) is 0 Å². The number of carbonyl (C=O) groups excluding carboxylic acids is 3. The van der Waals surface area contributed by atoms with Crippen molar-refractivity contribution in [3.8, 4) is 11.5 Å². The van der Waals surface area contributed by atoms with E-state index >= 15 is 0 Å². The fourth-order valence-electron chi connectivity index (χ4n) is 5.32. The van der Waals surface area contributed by atoms with E-state index in [0.29, 0.717) is 38.1 Å². The molecule has 1 saturated heterocycles. The van der Waals surface area contributed by atoms with Gasteiger partial charge < -0.3 is 15.0 Å². The first kappa shape index (κ1) is 31.1. The third-order valence-electron chi connectivity index (χ3n) is 7.40. The van der Waals surface area contributed by atoms with Crippen molar-refractivity contribution < 1.29 is 24.0 Å². The number of ether oxygens (including phenoxy) is 1. The van der Waals surface area contributed by atoms with Gasteiger partial charge in [-0.25, -0.2) is 5.06 Å². The highest BCUT2D eigenvalue weighted by Crippen LogP contribution is 2.28. The van der Waals surface area contributed by atoms with E-state index < -0.39 is 17.9 Å². The van der Waals surface area contributed by atoms with Crippen molar-refractivity contribution in [2.24, 2.45) is 17.8 Å². The molecule has 218 valence electrons. The summed E-state index contributed by atoms with van der Waals surface area (Å²) in [6.07, 6.45) is 4.17. The molecule has 1 heterocycles. The second-order valence-electron chi connectivity index (χ2n) is 11.0. The Morgan fingerprint density at radius 2 is 1.77 bits per heavy atom. The van der Waals surface area contributed by atoms with Gasteiger partial charge in [0.15, 0.2) is 0 Å². The van der Waals surface area contributed by atoms with Gasteiger partial charge in [-0.2, -0.15) is 0 Å². The van der Waals surface area contributed by atoms with Gasteiger partial charge in [-0.1, -0.05) is 57.5 Å². The molecule has 0 aromatic heterocycles. The third-order valence-corrected chi connectivity index (χ3v) is 7.40. The fourth-order valence-corrected chi connectivity index (χ4v) is 5.32. The third kappa shape index (κ3) is 8.81. The molecule has 1 aliphatic rings. The molecular weight excluding hydrogens is 506 g/mol. The number of carbonyl (C=O) groups is 3. The Balaban J connectivity index is 1.74. The lowest BCUT2D eigenvalue weighted by molar-refractivity contribution is -0.176. The molecule has 1 N–H and O–H groups in total. The average Bonchev–Trinajstić information content (AvgIpc) is 3.11. The van der Waals surface area contributed by atoms with Crippen LogP contribution in [-0.2, 0) is 25.8 Å². The average molecular weight is 552 g/mol. The molecule has 0 unspecified atom stereocenters. The van der Waals surface area contributed by atoms with Gasteiger partial charge in [0.05, 0.1) is 13.0 Å². The quantitative estimate of drug-likeness (QED) is 0.329. The number of rotatable bonds is 13. The summed E-state index contributed by atoms with van der Waals surface area (Å²) >= 11 is 0. The van der Waals surface area contributed by atoms with Crippen LogP contribution in [0.15, 0.2) is 54.6 Å². The van der Waals surface area contributed by atoms with Gasteiger partial charge >= 0.3 is 0 Å². The molecule has 8 heteroatoms. The normalized spacial score (nSPS) is 17.2. The molecule has 0 spiro atoms. The van der Waals surface area contributed by atoms with Crippen LogP contribution in [0.5, 0.6) is 11.5 Å². The maximum Gasteiger partial charge on any atom is 0.249 e. The highest BCUT2D eigenvalue weighted by molar-refractivity contribution is 5.91. The van der Waals surface area contributed by atoms with E-state index in [0.717, 1.165) is 30.6 Å². The Hall–Kier alpha value is -3.39. The van der Waals surface area contributed by atoms with Gasteiger partial charge in [0.1, 0.15) is 17.5 Å². The smallest absolute Gasteiger partial charge is 0.249 e. The number of hydrogen-bond donors (Lipinski definition) is 1. The minimum absolute atomic E-state index is 0.0871. The zero-order valence-electron chi connectivity index (χ0n) is 24.6. The lowest BCUT2D eigenvalue weighted by atomic mass is 9.81. The topological polar surface area (TPSA) is 88.2 Å². The van der Waals surface area contributed by atoms with Gasteiger partial charge in [0.2, 0.25) is 17.7 Å². The molecule has 3 rings (SSSR count). The van der Waals surface area contributed by atoms with E-state index in [4.69, 9.17) is 9.57 Å². The predicted octanol–water partition coefficient (Wildman–Crippen LogP) is 5.57. The van der Waals surface area contributed by atoms with Crippen molar-refractivity contribution in [2.75, 3.05) is 20.7 Å². The van der Waals surface area contributed by atoms with E-state index in [-0.39, 0.29) is 23.6 Å². The van der Waals surface area contributed by atoms with Crippen molar-refractivity contribution in [3.63, 3.8) is 0 Å². The summed E-state index contributed by atoms with van der Waals surface area (Å²) in [4.78, 5) is 47.5. The molecular formula is C32H45N3O5. The van der Waals surface area contributed by atoms with Gasteiger partial charge in [-0.3, -0.25) is 19.2 Å². The Kier molecular flexibility index (Phi) is 12.0. The van der Waals surface area contributed by atoms with E-state index in [1.807, 2.05) is 80.3 Å². The van der Waals surface area contributed by atoms with E-state index in [1.165, 1.54) is 12.2 Å². The predicted molar refractivity (Wildman–Crippen MR) is 155 cm³/mol. The van der Waals surface area contributed by atoms with Crippen molar-refractivity contribution in [1.82, 2.24) is 15.3 Å². The van der Waals surface area contributed by atoms with Gasteiger partial charge in [0.25, 0.3) is 0 Å². The number of nitrogens with zero attached hydrogens (tertiary/aromatic N) is 2. The number of hydrogen-bond acceptors (Lipinski definition) is 5. The lowest BCUT2D eigenvalue weighted by Crippen LogP contribution is -2.51. The lowest BCUT2D eigenvalue weighted by Gasteiger charge is -2.31. The first-order chi connectivity index (χ1) is 19.2. The molecule has 1 fully saturated rings. The molecule has 0 radical (unpaired) electrons. The molecule has 0 bridgehead atoms. The van der Waals surface area contributed by atoms with Crippen molar-refractivity contribution in [3.05, 3.63) is 60.2 Å². The summed E-state index contributed by atoms with van der Waals surface area (Å²) < 4.78 is 5.98. The Bertz CT molecular complexity index is 1110. The summed E-state index contributed by atoms with van der Waals surface area (Å²) in [5, 5.41) is 4.26. The number of likely N-dealkylation sites (tertiary alicyclic amines) is 1. The number of nitrogens with one attached hydrogen (secondary N) is 1. The Morgan fingerprint density at radius 1 is 1.05 bits per heavy atom.